The molecule has 1 heteroatoms. The van der Waals surface area contributed by atoms with Crippen LogP contribution in [0.1, 0.15) is 53.9 Å². The van der Waals surface area contributed by atoms with Crippen LogP contribution in [0, 0.1) is 5.92 Å². The van der Waals surface area contributed by atoms with Gasteiger partial charge in [-0.05, 0) is 39.5 Å². The molecule has 74 valence electrons. The van der Waals surface area contributed by atoms with Crippen molar-refractivity contribution in [3.63, 3.8) is 0 Å². The summed E-state index contributed by atoms with van der Waals surface area (Å²) in [5, 5.41) is 0. The molecule has 0 fully saturated rings. The van der Waals surface area contributed by atoms with Gasteiger partial charge in [-0.1, -0.05) is 20.3 Å². The molecule has 0 rings (SSSR count). The van der Waals surface area contributed by atoms with Gasteiger partial charge in [-0.15, -0.1) is 0 Å². The molecule has 0 spiro atoms. The van der Waals surface area contributed by atoms with Gasteiger partial charge in [0, 0.05) is 6.61 Å². The molecule has 0 saturated carbocycles. The maximum atomic E-state index is 5.62. The largest absolute Gasteiger partial charge is 0.376 e. The second-order valence-electron chi connectivity index (χ2n) is 4.62. The fourth-order valence-electron chi connectivity index (χ4n) is 1.01. The highest BCUT2D eigenvalue weighted by Gasteiger charge is 2.09. The molecule has 0 aromatic heterocycles. The molecular formula is C11H24O. The van der Waals surface area contributed by atoms with Crippen LogP contribution in [0.3, 0.4) is 0 Å². The summed E-state index contributed by atoms with van der Waals surface area (Å²) in [6.07, 6.45) is 3.79. The van der Waals surface area contributed by atoms with Crippen molar-refractivity contribution >= 4 is 0 Å². The van der Waals surface area contributed by atoms with Gasteiger partial charge >= 0.3 is 0 Å². The highest BCUT2D eigenvalue weighted by Crippen LogP contribution is 2.12. The van der Waals surface area contributed by atoms with Crippen LogP contribution in [0.4, 0.5) is 0 Å². The molecule has 0 aliphatic rings. The minimum absolute atomic E-state index is 0.0372. The Morgan fingerprint density at radius 3 is 2.25 bits per heavy atom. The Bertz CT molecular complexity index is 102. The molecule has 12 heavy (non-hydrogen) atoms. The first-order valence-electron chi connectivity index (χ1n) is 5.09. The SMILES string of the molecule is CCC(C)CCCOC(C)(C)C. The van der Waals surface area contributed by atoms with Gasteiger partial charge < -0.3 is 4.74 Å². The predicted molar refractivity (Wildman–Crippen MR) is 54.4 cm³/mol. The lowest BCUT2D eigenvalue weighted by molar-refractivity contribution is -0.00574. The third-order valence-electron chi connectivity index (χ3n) is 2.07. The van der Waals surface area contributed by atoms with E-state index in [1.54, 1.807) is 0 Å². The third-order valence-corrected chi connectivity index (χ3v) is 2.07. The van der Waals surface area contributed by atoms with Crippen LogP contribution in [0.15, 0.2) is 0 Å². The molecule has 1 unspecified atom stereocenters. The first-order valence-corrected chi connectivity index (χ1v) is 5.09. The summed E-state index contributed by atoms with van der Waals surface area (Å²) in [6.45, 7) is 11.8. The van der Waals surface area contributed by atoms with Crippen LogP contribution in [0.5, 0.6) is 0 Å². The summed E-state index contributed by atoms with van der Waals surface area (Å²) in [5.74, 6) is 0.855. The Labute approximate surface area is 77.5 Å². The first kappa shape index (κ1) is 12.0. The Kier molecular flexibility index (Phi) is 5.56. The molecule has 1 nitrogen and oxygen atoms in total. The maximum Gasteiger partial charge on any atom is 0.0598 e. The van der Waals surface area contributed by atoms with Gasteiger partial charge in [0.1, 0.15) is 0 Å². The number of hydrogen-bond donors (Lipinski definition) is 0. The number of ether oxygens (including phenoxy) is 1. The van der Waals surface area contributed by atoms with Gasteiger partial charge in [0.05, 0.1) is 5.60 Å². The zero-order chi connectivity index (χ0) is 9.61. The van der Waals surface area contributed by atoms with Crippen molar-refractivity contribution in [2.45, 2.75) is 59.5 Å². The van der Waals surface area contributed by atoms with E-state index in [9.17, 15) is 0 Å². The Morgan fingerprint density at radius 1 is 1.25 bits per heavy atom. The minimum Gasteiger partial charge on any atom is -0.376 e. The highest BCUT2D eigenvalue weighted by atomic mass is 16.5. The van der Waals surface area contributed by atoms with Crippen LogP contribution in [0.2, 0.25) is 0 Å². The second-order valence-corrected chi connectivity index (χ2v) is 4.62. The van der Waals surface area contributed by atoms with E-state index >= 15 is 0 Å². The van der Waals surface area contributed by atoms with Gasteiger partial charge in [0.25, 0.3) is 0 Å². The lowest BCUT2D eigenvalue weighted by Crippen LogP contribution is -2.19. The fraction of sp³-hybridized carbons (Fsp3) is 1.00. The standard InChI is InChI=1S/C11H24O/c1-6-10(2)8-7-9-12-11(3,4)5/h10H,6-9H2,1-5H3. The molecular weight excluding hydrogens is 148 g/mol. The Hall–Kier alpha value is -0.0400. The number of hydrogen-bond acceptors (Lipinski definition) is 1. The van der Waals surface area contributed by atoms with Gasteiger partial charge in [-0.25, -0.2) is 0 Å². The van der Waals surface area contributed by atoms with Gasteiger partial charge in [0.2, 0.25) is 0 Å². The lowest BCUT2D eigenvalue weighted by Gasteiger charge is -2.19. The van der Waals surface area contributed by atoms with Gasteiger partial charge in [-0.2, -0.15) is 0 Å². The van der Waals surface area contributed by atoms with E-state index in [2.05, 4.69) is 34.6 Å². The van der Waals surface area contributed by atoms with E-state index < -0.39 is 0 Å². The molecule has 1 atom stereocenters. The van der Waals surface area contributed by atoms with Crippen LogP contribution in [0.25, 0.3) is 0 Å². The summed E-state index contributed by atoms with van der Waals surface area (Å²) in [4.78, 5) is 0. The Morgan fingerprint density at radius 2 is 1.83 bits per heavy atom. The average molecular weight is 172 g/mol. The molecule has 0 radical (unpaired) electrons. The minimum atomic E-state index is 0.0372. The monoisotopic (exact) mass is 172 g/mol. The molecule has 0 aliphatic heterocycles. The van der Waals surface area contributed by atoms with Crippen molar-refractivity contribution in [3.8, 4) is 0 Å². The summed E-state index contributed by atoms with van der Waals surface area (Å²) in [6, 6.07) is 0. The molecule has 0 saturated heterocycles. The maximum absolute atomic E-state index is 5.62. The summed E-state index contributed by atoms with van der Waals surface area (Å²) in [7, 11) is 0. The molecule has 0 amide bonds. The molecule has 0 aliphatic carbocycles. The lowest BCUT2D eigenvalue weighted by atomic mass is 10.0. The topological polar surface area (TPSA) is 9.23 Å². The normalized spacial score (nSPS) is 14.8. The molecule has 0 bridgehead atoms. The van der Waals surface area contributed by atoms with Crippen molar-refractivity contribution in [3.05, 3.63) is 0 Å². The van der Waals surface area contributed by atoms with Crippen molar-refractivity contribution in [2.24, 2.45) is 5.92 Å². The fourth-order valence-corrected chi connectivity index (χ4v) is 1.01. The zero-order valence-corrected chi connectivity index (χ0v) is 9.31. The summed E-state index contributed by atoms with van der Waals surface area (Å²) in [5.41, 5.74) is 0.0372. The van der Waals surface area contributed by atoms with Crippen LogP contribution in [-0.2, 0) is 4.74 Å². The second kappa shape index (κ2) is 5.58. The molecule has 0 aromatic rings. The van der Waals surface area contributed by atoms with E-state index in [0.717, 1.165) is 12.5 Å². The average Bonchev–Trinajstić information content (AvgIpc) is 1.96. The molecule has 0 aromatic carbocycles. The summed E-state index contributed by atoms with van der Waals surface area (Å²) >= 11 is 0. The van der Waals surface area contributed by atoms with Gasteiger partial charge in [0.15, 0.2) is 0 Å². The summed E-state index contributed by atoms with van der Waals surface area (Å²) < 4.78 is 5.62. The van der Waals surface area contributed by atoms with Crippen molar-refractivity contribution < 1.29 is 4.74 Å². The quantitative estimate of drug-likeness (QED) is 0.575. The molecule has 0 N–H and O–H groups in total. The highest BCUT2D eigenvalue weighted by molar-refractivity contribution is 4.59. The third kappa shape index (κ3) is 8.06. The van der Waals surface area contributed by atoms with Crippen molar-refractivity contribution in [1.29, 1.82) is 0 Å². The van der Waals surface area contributed by atoms with Crippen LogP contribution in [-0.4, -0.2) is 12.2 Å². The van der Waals surface area contributed by atoms with E-state index in [0.29, 0.717) is 0 Å². The molecule has 0 heterocycles. The van der Waals surface area contributed by atoms with Crippen molar-refractivity contribution in [1.82, 2.24) is 0 Å². The van der Waals surface area contributed by atoms with E-state index in [-0.39, 0.29) is 5.60 Å². The zero-order valence-electron chi connectivity index (χ0n) is 9.31. The van der Waals surface area contributed by atoms with Crippen LogP contribution < -0.4 is 0 Å². The first-order chi connectivity index (χ1) is 5.45. The van der Waals surface area contributed by atoms with Gasteiger partial charge in [-0.3, -0.25) is 0 Å². The van der Waals surface area contributed by atoms with Crippen molar-refractivity contribution in [2.75, 3.05) is 6.61 Å². The Balaban J connectivity index is 3.22. The number of rotatable bonds is 5. The van der Waals surface area contributed by atoms with E-state index in [1.165, 1.54) is 19.3 Å². The smallest absolute Gasteiger partial charge is 0.0598 e. The predicted octanol–water partition coefficient (Wildman–Crippen LogP) is 3.63. The van der Waals surface area contributed by atoms with E-state index in [4.69, 9.17) is 4.74 Å². The van der Waals surface area contributed by atoms with E-state index in [1.807, 2.05) is 0 Å². The van der Waals surface area contributed by atoms with Crippen LogP contribution >= 0.6 is 0 Å².